The second-order valence-electron chi connectivity index (χ2n) is 19.0. The van der Waals surface area contributed by atoms with Gasteiger partial charge in [0.25, 0.3) is 0 Å². The monoisotopic (exact) mass is 810 g/mol. The topological polar surface area (TPSA) is 107 Å². The van der Waals surface area contributed by atoms with Crippen LogP contribution in [0.4, 0.5) is 9.59 Å². The molecule has 2 aromatic carbocycles. The fourth-order valence-corrected chi connectivity index (χ4v) is 6.92. The van der Waals surface area contributed by atoms with Gasteiger partial charge in [0.15, 0.2) is 0 Å². The van der Waals surface area contributed by atoms with Crippen LogP contribution in [-0.2, 0) is 20.3 Å². The van der Waals surface area contributed by atoms with E-state index in [2.05, 4.69) is 65.8 Å². The van der Waals surface area contributed by atoms with Crippen LogP contribution in [0, 0.1) is 0 Å². The number of hydrogen-bond acceptors (Lipinski definition) is 8. The van der Waals surface area contributed by atoms with Crippen LogP contribution in [0.2, 0.25) is 0 Å². The molecule has 0 atom stereocenters. The van der Waals surface area contributed by atoms with Gasteiger partial charge in [-0.15, -0.1) is 0 Å². The normalized spacial score (nSPS) is 12.3. The summed E-state index contributed by atoms with van der Waals surface area (Å²) in [6.45, 7) is 24.0. The molecule has 314 valence electrons. The summed E-state index contributed by atoms with van der Waals surface area (Å²) in [7, 11) is 3.26. The third kappa shape index (κ3) is 9.33. The van der Waals surface area contributed by atoms with Crippen molar-refractivity contribution in [1.82, 2.24) is 19.1 Å². The molecule has 0 spiro atoms. The Kier molecular flexibility index (Phi) is 11.7. The van der Waals surface area contributed by atoms with E-state index < -0.39 is 23.4 Å². The zero-order valence-electron chi connectivity index (χ0n) is 37.5. The van der Waals surface area contributed by atoms with Crippen molar-refractivity contribution in [2.45, 2.75) is 105 Å². The highest BCUT2D eigenvalue weighted by molar-refractivity contribution is 5.88. The number of hydrogen-bond donors (Lipinski definition) is 0. The minimum atomic E-state index is -0.673. The summed E-state index contributed by atoms with van der Waals surface area (Å²) >= 11 is 0. The highest BCUT2D eigenvalue weighted by Crippen LogP contribution is 2.45. The van der Waals surface area contributed by atoms with Crippen LogP contribution in [0.25, 0.3) is 56.4 Å². The first kappa shape index (κ1) is 43.4. The molecule has 0 aliphatic heterocycles. The molecule has 0 radical (unpaired) electrons. The number of ether oxygens (including phenoxy) is 4. The number of rotatable bonds is 7. The number of methoxy groups -OCH3 is 2. The summed E-state index contributed by atoms with van der Waals surface area (Å²) in [5.41, 5.74) is 7.20. The molecule has 10 heteroatoms. The van der Waals surface area contributed by atoms with Crippen molar-refractivity contribution in [2.24, 2.45) is 0 Å². The van der Waals surface area contributed by atoms with E-state index in [1.807, 2.05) is 102 Å². The summed E-state index contributed by atoms with van der Waals surface area (Å²) in [4.78, 5) is 37.2. The largest absolute Gasteiger partial charge is 0.495 e. The Bertz CT molecular complexity index is 2370. The van der Waals surface area contributed by atoms with Gasteiger partial charge in [0.1, 0.15) is 22.7 Å². The summed E-state index contributed by atoms with van der Waals surface area (Å²) in [6.07, 6.45) is 2.45. The predicted molar refractivity (Wildman–Crippen MR) is 239 cm³/mol. The molecule has 0 saturated heterocycles. The Hall–Kier alpha value is -6.16. The zero-order valence-corrected chi connectivity index (χ0v) is 37.5. The lowest BCUT2D eigenvalue weighted by Crippen LogP contribution is -2.27. The Balaban J connectivity index is 1.49. The third-order valence-electron chi connectivity index (χ3n) is 9.86. The van der Waals surface area contributed by atoms with E-state index >= 15 is 0 Å². The summed E-state index contributed by atoms with van der Waals surface area (Å²) < 4.78 is 26.9. The molecular weight excluding hydrogens is 753 g/mol. The smallest absolute Gasteiger partial charge is 0.418 e. The molecule has 4 aromatic heterocycles. The van der Waals surface area contributed by atoms with E-state index in [9.17, 15) is 9.59 Å². The van der Waals surface area contributed by atoms with E-state index in [0.29, 0.717) is 45.7 Å². The molecule has 4 heterocycles. The third-order valence-corrected chi connectivity index (χ3v) is 9.86. The van der Waals surface area contributed by atoms with Crippen molar-refractivity contribution in [3.8, 4) is 67.9 Å². The maximum absolute atomic E-state index is 13.4. The SMILES string of the molecule is COc1c(-c2cccc(-c3cccc(-c4cc(C(C)(C)C)cc(-c5cccn5C(=O)OC(C)(C)C)c4OC)n3)n2)cc(C(C)(C)C)cc1-c1cccn1C(=O)OC(C)(C)C. The highest BCUT2D eigenvalue weighted by atomic mass is 16.6. The molecule has 0 saturated carbocycles. The standard InChI is InChI=1S/C50H58N4O6/c1-47(2,3)31-27-33(43(57-13)35(29-31)41-23-17-25-53(41)45(55)59-49(7,8)9)37-19-15-21-39(51-37)40-22-16-20-38(52-40)34-28-32(48(4,5)6)30-36(44(34)58-14)42-24-18-26-54(42)46(56)60-50(10,11)12/h15-30H,1-14H3. The lowest BCUT2D eigenvalue weighted by atomic mass is 9.83. The van der Waals surface area contributed by atoms with Crippen molar-refractivity contribution in [1.29, 1.82) is 0 Å². The van der Waals surface area contributed by atoms with Crippen LogP contribution < -0.4 is 9.47 Å². The first-order valence-corrected chi connectivity index (χ1v) is 20.2. The molecule has 0 bridgehead atoms. The van der Waals surface area contributed by atoms with Gasteiger partial charge in [-0.25, -0.2) is 19.6 Å². The highest BCUT2D eigenvalue weighted by Gasteiger charge is 2.28. The fourth-order valence-electron chi connectivity index (χ4n) is 6.92. The van der Waals surface area contributed by atoms with Crippen LogP contribution in [-0.4, -0.2) is 56.7 Å². The van der Waals surface area contributed by atoms with Crippen molar-refractivity contribution in [2.75, 3.05) is 14.2 Å². The van der Waals surface area contributed by atoms with E-state index in [1.54, 1.807) is 26.6 Å². The van der Waals surface area contributed by atoms with Crippen LogP contribution in [0.15, 0.2) is 97.3 Å². The Morgan fingerprint density at radius 3 is 1.12 bits per heavy atom. The van der Waals surface area contributed by atoms with E-state index in [0.717, 1.165) is 33.4 Å². The maximum atomic E-state index is 13.4. The molecular formula is C50H58N4O6. The number of benzene rings is 2. The molecule has 60 heavy (non-hydrogen) atoms. The molecule has 0 N–H and O–H groups in total. The number of pyridine rings is 2. The molecule has 0 aliphatic carbocycles. The van der Waals surface area contributed by atoms with Gasteiger partial charge in [-0.3, -0.25) is 9.13 Å². The van der Waals surface area contributed by atoms with Gasteiger partial charge < -0.3 is 18.9 Å². The minimum Gasteiger partial charge on any atom is -0.495 e. The van der Waals surface area contributed by atoms with E-state index in [4.69, 9.17) is 28.9 Å². The van der Waals surface area contributed by atoms with Crippen molar-refractivity contribution in [3.63, 3.8) is 0 Å². The number of nitrogens with zero attached hydrogens (tertiary/aromatic N) is 4. The van der Waals surface area contributed by atoms with Gasteiger partial charge in [-0.2, -0.15) is 0 Å². The number of carbonyl (C=O) groups excluding carboxylic acids is 2. The quantitative estimate of drug-likeness (QED) is 0.157. The Morgan fingerprint density at radius 2 is 0.800 bits per heavy atom. The van der Waals surface area contributed by atoms with Crippen molar-refractivity contribution in [3.05, 3.63) is 108 Å². The summed E-state index contributed by atoms with van der Waals surface area (Å²) in [6, 6.07) is 27.5. The van der Waals surface area contributed by atoms with Crippen LogP contribution in [0.3, 0.4) is 0 Å². The molecule has 0 unspecified atom stereocenters. The van der Waals surface area contributed by atoms with Crippen molar-refractivity contribution < 1.29 is 28.5 Å². The minimum absolute atomic E-state index is 0.249. The van der Waals surface area contributed by atoms with Crippen molar-refractivity contribution >= 4 is 12.2 Å². The second kappa shape index (κ2) is 16.1. The van der Waals surface area contributed by atoms with Crippen LogP contribution in [0.5, 0.6) is 11.5 Å². The average molecular weight is 811 g/mol. The second-order valence-corrected chi connectivity index (χ2v) is 19.0. The van der Waals surface area contributed by atoms with E-state index in [1.165, 1.54) is 9.13 Å². The summed E-state index contributed by atoms with van der Waals surface area (Å²) in [5, 5.41) is 0. The van der Waals surface area contributed by atoms with Gasteiger partial charge in [0.05, 0.1) is 48.4 Å². The zero-order chi connectivity index (χ0) is 43.9. The maximum Gasteiger partial charge on any atom is 0.418 e. The fraction of sp³-hybridized carbons (Fsp3) is 0.360. The first-order valence-electron chi connectivity index (χ1n) is 20.2. The Morgan fingerprint density at radius 1 is 0.467 bits per heavy atom. The van der Waals surface area contributed by atoms with Gasteiger partial charge in [-0.05, 0) is 136 Å². The number of aromatic nitrogens is 4. The molecule has 6 rings (SSSR count). The molecule has 0 aliphatic rings. The van der Waals surface area contributed by atoms with Gasteiger partial charge in [-0.1, -0.05) is 53.7 Å². The van der Waals surface area contributed by atoms with Gasteiger partial charge >= 0.3 is 12.2 Å². The number of carbonyl (C=O) groups is 2. The molecule has 0 amide bonds. The lowest BCUT2D eigenvalue weighted by molar-refractivity contribution is 0.0528. The van der Waals surface area contributed by atoms with E-state index in [-0.39, 0.29) is 10.8 Å². The molecule has 10 nitrogen and oxygen atoms in total. The van der Waals surface area contributed by atoms with Crippen LogP contribution >= 0.6 is 0 Å². The molecule has 0 fully saturated rings. The lowest BCUT2D eigenvalue weighted by Gasteiger charge is -2.25. The average Bonchev–Trinajstić information content (AvgIpc) is 3.86. The molecule has 6 aromatic rings. The predicted octanol–water partition coefficient (Wildman–Crippen LogP) is 12.6. The van der Waals surface area contributed by atoms with Crippen LogP contribution in [0.1, 0.15) is 94.2 Å². The Labute approximate surface area is 354 Å². The van der Waals surface area contributed by atoms with Gasteiger partial charge in [0.2, 0.25) is 0 Å². The first-order chi connectivity index (χ1) is 28.0. The van der Waals surface area contributed by atoms with Gasteiger partial charge in [0, 0.05) is 34.6 Å². The summed E-state index contributed by atoms with van der Waals surface area (Å²) in [5.74, 6) is 1.15.